The highest BCUT2D eigenvalue weighted by atomic mass is 35.5. The van der Waals surface area contributed by atoms with Crippen molar-refractivity contribution in [3.63, 3.8) is 0 Å². The Morgan fingerprint density at radius 1 is 1.32 bits per heavy atom. The summed E-state index contributed by atoms with van der Waals surface area (Å²) >= 11 is 7.48. The molecule has 25 heavy (non-hydrogen) atoms. The van der Waals surface area contributed by atoms with Crippen molar-refractivity contribution >= 4 is 29.3 Å². The summed E-state index contributed by atoms with van der Waals surface area (Å²) < 4.78 is 7.13. The van der Waals surface area contributed by atoms with Gasteiger partial charge in [0.25, 0.3) is 0 Å². The molecule has 3 aromatic rings. The third kappa shape index (κ3) is 4.05. The van der Waals surface area contributed by atoms with Gasteiger partial charge in [0.15, 0.2) is 16.7 Å². The number of rotatable bonds is 6. The molecular weight excluding hydrogens is 360 g/mol. The maximum atomic E-state index is 12.2. The van der Waals surface area contributed by atoms with Gasteiger partial charge in [-0.25, -0.2) is 0 Å². The van der Waals surface area contributed by atoms with Gasteiger partial charge in [-0.1, -0.05) is 41.6 Å². The number of furan rings is 1. The van der Waals surface area contributed by atoms with E-state index < -0.39 is 0 Å². The number of nitrogens with one attached hydrogen (secondary N) is 1. The molecule has 3 rings (SSSR count). The van der Waals surface area contributed by atoms with Crippen molar-refractivity contribution in [2.75, 3.05) is 5.75 Å². The van der Waals surface area contributed by atoms with Gasteiger partial charge < -0.3 is 14.3 Å². The molecule has 2 heterocycles. The van der Waals surface area contributed by atoms with E-state index in [0.717, 1.165) is 5.56 Å². The highest BCUT2D eigenvalue weighted by Gasteiger charge is 2.16. The minimum absolute atomic E-state index is 0.0973. The Morgan fingerprint density at radius 3 is 2.84 bits per heavy atom. The lowest BCUT2D eigenvalue weighted by Crippen LogP contribution is -2.28. The zero-order chi connectivity index (χ0) is 17.8. The number of aromatic nitrogens is 3. The Hall–Kier alpha value is -2.25. The number of carbonyl (C=O) groups excluding carboxylic acids is 1. The predicted molar refractivity (Wildman–Crippen MR) is 97.4 cm³/mol. The molecule has 0 saturated heterocycles. The van der Waals surface area contributed by atoms with Crippen molar-refractivity contribution in [3.05, 3.63) is 53.2 Å². The van der Waals surface area contributed by atoms with Crippen molar-refractivity contribution in [3.8, 4) is 11.6 Å². The van der Waals surface area contributed by atoms with Crippen molar-refractivity contribution in [1.29, 1.82) is 0 Å². The van der Waals surface area contributed by atoms with Crippen molar-refractivity contribution in [1.82, 2.24) is 20.1 Å². The van der Waals surface area contributed by atoms with Crippen molar-refractivity contribution < 1.29 is 9.21 Å². The monoisotopic (exact) mass is 376 g/mol. The van der Waals surface area contributed by atoms with E-state index in [4.69, 9.17) is 16.0 Å². The molecule has 0 unspecified atom stereocenters. The van der Waals surface area contributed by atoms with Crippen LogP contribution >= 0.6 is 23.4 Å². The largest absolute Gasteiger partial charge is 0.461 e. The van der Waals surface area contributed by atoms with E-state index in [0.29, 0.717) is 21.8 Å². The minimum Gasteiger partial charge on any atom is -0.461 e. The van der Waals surface area contributed by atoms with Gasteiger partial charge in [0.1, 0.15) is 0 Å². The van der Waals surface area contributed by atoms with Crippen LogP contribution in [0, 0.1) is 0 Å². The molecule has 1 N–H and O–H groups in total. The first kappa shape index (κ1) is 17.6. The van der Waals surface area contributed by atoms with E-state index in [1.165, 1.54) is 11.8 Å². The normalized spacial score (nSPS) is 12.1. The Balaban J connectivity index is 1.59. The van der Waals surface area contributed by atoms with E-state index in [-0.39, 0.29) is 17.7 Å². The van der Waals surface area contributed by atoms with E-state index in [9.17, 15) is 4.79 Å². The van der Waals surface area contributed by atoms with Crippen molar-refractivity contribution in [2.24, 2.45) is 7.05 Å². The quantitative estimate of drug-likeness (QED) is 0.664. The summed E-state index contributed by atoms with van der Waals surface area (Å²) in [5, 5.41) is 12.4. The summed E-state index contributed by atoms with van der Waals surface area (Å²) in [5.74, 6) is 1.40. The molecule has 0 aliphatic carbocycles. The molecular formula is C17H17ClN4O2S. The SMILES string of the molecule is C[C@H](NC(=O)CSc1nnc(-c2ccco2)n1C)c1ccccc1Cl. The van der Waals surface area contributed by atoms with Crippen molar-refractivity contribution in [2.45, 2.75) is 18.1 Å². The fourth-order valence-corrected chi connectivity index (χ4v) is 3.40. The van der Waals surface area contributed by atoms with Gasteiger partial charge in [-0.3, -0.25) is 4.79 Å². The zero-order valence-corrected chi connectivity index (χ0v) is 15.3. The summed E-state index contributed by atoms with van der Waals surface area (Å²) in [6.07, 6.45) is 1.58. The van der Waals surface area contributed by atoms with Crippen LogP contribution in [0.2, 0.25) is 5.02 Å². The first-order valence-electron chi connectivity index (χ1n) is 7.66. The van der Waals surface area contributed by atoms with E-state index in [1.807, 2.05) is 44.3 Å². The van der Waals surface area contributed by atoms with Crippen LogP contribution in [-0.4, -0.2) is 26.4 Å². The summed E-state index contributed by atoms with van der Waals surface area (Å²) in [5.41, 5.74) is 0.890. The lowest BCUT2D eigenvalue weighted by molar-refractivity contribution is -0.119. The van der Waals surface area contributed by atoms with Gasteiger partial charge in [0, 0.05) is 12.1 Å². The van der Waals surface area contributed by atoms with Gasteiger partial charge in [0.05, 0.1) is 18.1 Å². The fourth-order valence-electron chi connectivity index (χ4n) is 2.38. The van der Waals surface area contributed by atoms with Crippen LogP contribution in [0.3, 0.4) is 0 Å². The molecule has 0 fully saturated rings. The second-order valence-corrected chi connectivity index (χ2v) is 6.79. The number of halogens is 1. The van der Waals surface area contributed by atoms with Crippen LogP contribution in [0.5, 0.6) is 0 Å². The fraction of sp³-hybridized carbons (Fsp3) is 0.235. The molecule has 0 bridgehead atoms. The number of hydrogen-bond donors (Lipinski definition) is 1. The van der Waals surface area contributed by atoms with E-state index in [2.05, 4.69) is 15.5 Å². The number of nitrogens with zero attached hydrogens (tertiary/aromatic N) is 3. The summed E-state index contributed by atoms with van der Waals surface area (Å²) in [6.45, 7) is 1.90. The predicted octanol–water partition coefficient (Wildman–Crippen LogP) is 3.70. The van der Waals surface area contributed by atoms with Crippen LogP contribution in [0.1, 0.15) is 18.5 Å². The standard InChI is InChI=1S/C17H17ClN4O2S/c1-11(12-6-3-4-7-13(12)18)19-15(23)10-25-17-21-20-16(22(17)2)14-8-5-9-24-14/h3-9,11H,10H2,1-2H3,(H,19,23)/t11-/m0/s1. The van der Waals surface area contributed by atoms with Crippen LogP contribution in [0.25, 0.3) is 11.6 Å². The minimum atomic E-state index is -0.167. The summed E-state index contributed by atoms with van der Waals surface area (Å²) in [7, 11) is 1.84. The third-order valence-corrected chi connectivity index (χ3v) is 5.02. The van der Waals surface area contributed by atoms with E-state index >= 15 is 0 Å². The topological polar surface area (TPSA) is 73.0 Å². The molecule has 130 valence electrons. The zero-order valence-electron chi connectivity index (χ0n) is 13.8. The summed E-state index contributed by atoms with van der Waals surface area (Å²) in [6, 6.07) is 10.9. The molecule has 1 aromatic carbocycles. The third-order valence-electron chi connectivity index (χ3n) is 3.66. The van der Waals surface area contributed by atoms with Gasteiger partial charge in [-0.15, -0.1) is 10.2 Å². The van der Waals surface area contributed by atoms with Gasteiger partial charge in [-0.2, -0.15) is 0 Å². The average molecular weight is 377 g/mol. The van der Waals surface area contributed by atoms with Gasteiger partial charge in [-0.05, 0) is 30.7 Å². The average Bonchev–Trinajstić information content (AvgIpc) is 3.23. The molecule has 0 spiro atoms. The lowest BCUT2D eigenvalue weighted by atomic mass is 10.1. The molecule has 0 aliphatic rings. The number of thioether (sulfide) groups is 1. The molecule has 2 aromatic heterocycles. The Kier molecular flexibility index (Phi) is 5.45. The number of benzene rings is 1. The highest BCUT2D eigenvalue weighted by Crippen LogP contribution is 2.24. The molecule has 6 nitrogen and oxygen atoms in total. The smallest absolute Gasteiger partial charge is 0.230 e. The summed E-state index contributed by atoms with van der Waals surface area (Å²) in [4.78, 5) is 12.2. The second-order valence-electron chi connectivity index (χ2n) is 5.44. The Morgan fingerprint density at radius 2 is 2.12 bits per heavy atom. The van der Waals surface area contributed by atoms with Gasteiger partial charge in [0.2, 0.25) is 5.91 Å². The second kappa shape index (κ2) is 7.76. The molecule has 1 atom stereocenters. The molecule has 1 amide bonds. The number of carbonyl (C=O) groups is 1. The molecule has 0 saturated carbocycles. The number of hydrogen-bond acceptors (Lipinski definition) is 5. The van der Waals surface area contributed by atoms with Crippen LogP contribution in [-0.2, 0) is 11.8 Å². The van der Waals surface area contributed by atoms with Gasteiger partial charge >= 0.3 is 0 Å². The molecule has 0 radical (unpaired) electrons. The molecule has 8 heteroatoms. The van der Waals surface area contributed by atoms with Crippen LogP contribution in [0.15, 0.2) is 52.2 Å². The maximum absolute atomic E-state index is 12.2. The highest BCUT2D eigenvalue weighted by molar-refractivity contribution is 7.99. The molecule has 0 aliphatic heterocycles. The van der Waals surface area contributed by atoms with Crippen LogP contribution in [0.4, 0.5) is 0 Å². The van der Waals surface area contributed by atoms with E-state index in [1.54, 1.807) is 16.9 Å². The first-order valence-corrected chi connectivity index (χ1v) is 9.02. The maximum Gasteiger partial charge on any atom is 0.230 e. The Labute approximate surface area is 154 Å². The number of amides is 1. The first-order chi connectivity index (χ1) is 12.1. The lowest BCUT2D eigenvalue weighted by Gasteiger charge is -2.15. The van der Waals surface area contributed by atoms with Crippen LogP contribution < -0.4 is 5.32 Å². The Bertz CT molecular complexity index is 863.